The van der Waals surface area contributed by atoms with Crippen LogP contribution in [0.25, 0.3) is 0 Å². The molecule has 33 heavy (non-hydrogen) atoms. The number of carbonyl (C=O) groups is 1. The van der Waals surface area contributed by atoms with Crippen molar-refractivity contribution in [2.24, 2.45) is 0 Å². The van der Waals surface area contributed by atoms with E-state index < -0.39 is 11.7 Å². The lowest BCUT2D eigenvalue weighted by Crippen LogP contribution is -2.16. The lowest BCUT2D eigenvalue weighted by atomic mass is 10.1. The van der Waals surface area contributed by atoms with E-state index in [1.54, 1.807) is 12.1 Å². The molecule has 0 saturated heterocycles. The number of nitrogens with one attached hydrogen (secondary N) is 2. The van der Waals surface area contributed by atoms with E-state index >= 15 is 0 Å². The van der Waals surface area contributed by atoms with Gasteiger partial charge in [0.1, 0.15) is 17.6 Å². The second kappa shape index (κ2) is 12.5. The first kappa shape index (κ1) is 25.7. The van der Waals surface area contributed by atoms with Crippen LogP contribution in [-0.2, 0) is 11.0 Å². The van der Waals surface area contributed by atoms with Crippen LogP contribution >= 0.6 is 0 Å². The number of amides is 1. The molecule has 0 aliphatic carbocycles. The van der Waals surface area contributed by atoms with E-state index in [2.05, 4.69) is 10.6 Å². The molecule has 1 unspecified atom stereocenters. The summed E-state index contributed by atoms with van der Waals surface area (Å²) in [5, 5.41) is 14.5. The van der Waals surface area contributed by atoms with E-state index in [4.69, 9.17) is 9.84 Å². The Morgan fingerprint density at radius 3 is 2.09 bits per heavy atom. The van der Waals surface area contributed by atoms with Crippen LogP contribution in [0.3, 0.4) is 0 Å². The Balaban J connectivity index is 0.000000294. The van der Waals surface area contributed by atoms with Gasteiger partial charge in [-0.2, -0.15) is 13.2 Å². The second-order valence-electron chi connectivity index (χ2n) is 7.16. The molecule has 1 amide bonds. The molecule has 0 bridgehead atoms. The summed E-state index contributed by atoms with van der Waals surface area (Å²) in [5.74, 6) is 0.507. The summed E-state index contributed by atoms with van der Waals surface area (Å²) in [6.45, 7) is 2.19. The minimum absolute atomic E-state index is 0.115. The van der Waals surface area contributed by atoms with Gasteiger partial charge in [-0.05, 0) is 67.7 Å². The highest BCUT2D eigenvalue weighted by Crippen LogP contribution is 2.31. The standard InChI is InChI=1S/C17H18F3NO.C8H9NO2/c1-21-12-11-16(13-5-3-2-4-6-13)22-15-9-7-14(8-10-15)17(18,19)20;1-6(10)9-7-2-4-8(11)5-3-7/h2-10,16,21H,11-12H2,1H3;2-5,11H,1H3,(H,9,10). The Labute approximate surface area is 191 Å². The van der Waals surface area contributed by atoms with Gasteiger partial charge in [-0.15, -0.1) is 0 Å². The zero-order valence-electron chi connectivity index (χ0n) is 18.4. The van der Waals surface area contributed by atoms with Crippen LogP contribution in [0.15, 0.2) is 78.9 Å². The minimum atomic E-state index is -4.33. The first-order chi connectivity index (χ1) is 15.7. The number of hydrogen-bond donors (Lipinski definition) is 3. The third kappa shape index (κ3) is 9.24. The highest BCUT2D eigenvalue weighted by atomic mass is 19.4. The maximum Gasteiger partial charge on any atom is 0.416 e. The van der Waals surface area contributed by atoms with Gasteiger partial charge in [-0.3, -0.25) is 4.79 Å². The van der Waals surface area contributed by atoms with Gasteiger partial charge in [0, 0.05) is 19.0 Å². The van der Waals surface area contributed by atoms with E-state index in [1.807, 2.05) is 37.4 Å². The maximum atomic E-state index is 12.6. The predicted molar refractivity (Wildman–Crippen MR) is 122 cm³/mol. The molecule has 0 aliphatic heterocycles. The summed E-state index contributed by atoms with van der Waals surface area (Å²) in [4.78, 5) is 10.5. The van der Waals surface area contributed by atoms with Crippen molar-refractivity contribution < 1.29 is 27.8 Å². The Morgan fingerprint density at radius 2 is 1.58 bits per heavy atom. The van der Waals surface area contributed by atoms with Crippen molar-refractivity contribution in [2.45, 2.75) is 25.6 Å². The molecular weight excluding hydrogens is 433 g/mol. The zero-order valence-corrected chi connectivity index (χ0v) is 18.4. The largest absolute Gasteiger partial charge is 0.508 e. The Hall–Kier alpha value is -3.52. The molecule has 0 heterocycles. The van der Waals surface area contributed by atoms with Crippen LogP contribution in [0.4, 0.5) is 18.9 Å². The molecule has 0 aliphatic rings. The fourth-order valence-corrected chi connectivity index (χ4v) is 2.87. The van der Waals surface area contributed by atoms with Crippen molar-refractivity contribution in [1.82, 2.24) is 5.32 Å². The molecule has 8 heteroatoms. The van der Waals surface area contributed by atoms with Crippen molar-refractivity contribution >= 4 is 11.6 Å². The summed E-state index contributed by atoms with van der Waals surface area (Å²) in [6.07, 6.45) is -3.81. The number of ether oxygens (including phenoxy) is 1. The molecule has 0 spiro atoms. The quantitative estimate of drug-likeness (QED) is 0.391. The molecule has 3 rings (SSSR count). The van der Waals surface area contributed by atoms with Gasteiger partial charge in [0.2, 0.25) is 5.91 Å². The third-order valence-corrected chi connectivity index (χ3v) is 4.48. The van der Waals surface area contributed by atoms with Crippen LogP contribution in [0.2, 0.25) is 0 Å². The topological polar surface area (TPSA) is 70.6 Å². The monoisotopic (exact) mass is 460 g/mol. The van der Waals surface area contributed by atoms with Crippen LogP contribution in [-0.4, -0.2) is 24.6 Å². The molecule has 3 aromatic carbocycles. The Morgan fingerprint density at radius 1 is 0.970 bits per heavy atom. The van der Waals surface area contributed by atoms with Gasteiger partial charge in [-0.1, -0.05) is 30.3 Å². The lowest BCUT2D eigenvalue weighted by Gasteiger charge is -2.20. The normalized spacial score (nSPS) is 11.7. The number of benzene rings is 3. The van der Waals surface area contributed by atoms with Gasteiger partial charge >= 0.3 is 6.18 Å². The number of phenols is 1. The summed E-state index contributed by atoms with van der Waals surface area (Å²) < 4.78 is 43.6. The van der Waals surface area contributed by atoms with Gasteiger partial charge in [-0.25, -0.2) is 0 Å². The van der Waals surface area contributed by atoms with Gasteiger partial charge in [0.25, 0.3) is 0 Å². The van der Waals surface area contributed by atoms with Crippen molar-refractivity contribution in [3.05, 3.63) is 90.0 Å². The fraction of sp³-hybridized carbons (Fsp3) is 0.240. The molecule has 0 fully saturated rings. The van der Waals surface area contributed by atoms with Crippen LogP contribution in [0.1, 0.15) is 30.6 Å². The molecule has 0 radical (unpaired) electrons. The van der Waals surface area contributed by atoms with Crippen molar-refractivity contribution in [3.63, 3.8) is 0 Å². The predicted octanol–water partition coefficient (Wildman–Crippen LogP) is 5.79. The van der Waals surface area contributed by atoms with Crippen LogP contribution in [0, 0.1) is 0 Å². The first-order valence-electron chi connectivity index (χ1n) is 10.3. The zero-order chi connectivity index (χ0) is 24.3. The number of hydrogen-bond acceptors (Lipinski definition) is 4. The Bertz CT molecular complexity index is 977. The number of alkyl halides is 3. The van der Waals surface area contributed by atoms with E-state index in [1.165, 1.54) is 31.2 Å². The average molecular weight is 460 g/mol. The number of halogens is 3. The maximum absolute atomic E-state index is 12.6. The molecule has 176 valence electrons. The van der Waals surface area contributed by atoms with E-state index in [0.717, 1.165) is 30.7 Å². The molecule has 5 nitrogen and oxygen atoms in total. The van der Waals surface area contributed by atoms with Gasteiger partial charge < -0.3 is 20.5 Å². The Kier molecular flexibility index (Phi) is 9.75. The summed E-state index contributed by atoms with van der Waals surface area (Å²) >= 11 is 0. The molecule has 0 aromatic heterocycles. The molecule has 3 aromatic rings. The molecule has 3 N–H and O–H groups in total. The van der Waals surface area contributed by atoms with E-state index in [9.17, 15) is 18.0 Å². The smallest absolute Gasteiger partial charge is 0.416 e. The van der Waals surface area contributed by atoms with E-state index in [0.29, 0.717) is 11.4 Å². The van der Waals surface area contributed by atoms with Crippen LogP contribution in [0.5, 0.6) is 11.5 Å². The summed E-state index contributed by atoms with van der Waals surface area (Å²) in [6, 6.07) is 20.7. The number of rotatable bonds is 7. The number of phenolic OH excluding ortho intramolecular Hbond substituents is 1. The minimum Gasteiger partial charge on any atom is -0.508 e. The third-order valence-electron chi connectivity index (χ3n) is 4.48. The number of carbonyl (C=O) groups excluding carboxylic acids is 1. The van der Waals surface area contributed by atoms with Crippen LogP contribution < -0.4 is 15.4 Å². The first-order valence-corrected chi connectivity index (χ1v) is 10.3. The molecule has 1 atom stereocenters. The number of aromatic hydroxyl groups is 1. The van der Waals surface area contributed by atoms with Crippen molar-refractivity contribution in [2.75, 3.05) is 18.9 Å². The highest BCUT2D eigenvalue weighted by molar-refractivity contribution is 5.88. The van der Waals surface area contributed by atoms with Gasteiger partial charge in [0.05, 0.1) is 5.56 Å². The van der Waals surface area contributed by atoms with Crippen molar-refractivity contribution in [3.8, 4) is 11.5 Å². The average Bonchev–Trinajstić information content (AvgIpc) is 2.79. The van der Waals surface area contributed by atoms with E-state index in [-0.39, 0.29) is 17.8 Å². The number of anilines is 1. The second-order valence-corrected chi connectivity index (χ2v) is 7.16. The van der Waals surface area contributed by atoms with Crippen molar-refractivity contribution in [1.29, 1.82) is 0 Å². The molecular formula is C25H27F3N2O3. The summed E-state index contributed by atoms with van der Waals surface area (Å²) in [5.41, 5.74) is 1.01. The lowest BCUT2D eigenvalue weighted by molar-refractivity contribution is -0.137. The van der Waals surface area contributed by atoms with Gasteiger partial charge in [0.15, 0.2) is 0 Å². The fourth-order valence-electron chi connectivity index (χ4n) is 2.87. The molecule has 0 saturated carbocycles. The SMILES string of the molecule is CC(=O)Nc1ccc(O)cc1.CNCCC(Oc1ccc(C(F)(F)F)cc1)c1ccccc1. The summed E-state index contributed by atoms with van der Waals surface area (Å²) in [7, 11) is 1.85. The highest BCUT2D eigenvalue weighted by Gasteiger charge is 2.30.